The summed E-state index contributed by atoms with van der Waals surface area (Å²) in [5.74, 6) is -0.501. The topological polar surface area (TPSA) is 78.4 Å². The van der Waals surface area contributed by atoms with E-state index in [4.69, 9.17) is 5.11 Å². The highest BCUT2D eigenvalue weighted by molar-refractivity contribution is 5.97. The van der Waals surface area contributed by atoms with Crippen LogP contribution >= 0.6 is 0 Å². The lowest BCUT2D eigenvalue weighted by molar-refractivity contribution is -0.123. The smallest absolute Gasteiger partial charge is 0.251 e. The molecule has 2 amide bonds. The molecule has 5 heteroatoms. The molecule has 1 rings (SSSR count). The Morgan fingerprint density at radius 2 is 1.81 bits per heavy atom. The van der Waals surface area contributed by atoms with E-state index in [0.717, 1.165) is 5.56 Å². The van der Waals surface area contributed by atoms with Crippen LogP contribution in [0, 0.1) is 12.8 Å². The zero-order chi connectivity index (χ0) is 15.8. The first-order chi connectivity index (χ1) is 9.95. The standard InChI is InChI=1S/C16H24N2O3/c1-11(2)14(16(21)17-9-4-10-19)18-15(20)13-7-5-12(3)6-8-13/h5-8,11,14,19H,4,9-10H2,1-3H3,(H,17,21)(H,18,20). The van der Waals surface area contributed by atoms with Gasteiger partial charge in [-0.2, -0.15) is 0 Å². The van der Waals surface area contributed by atoms with Crippen molar-refractivity contribution >= 4 is 11.8 Å². The van der Waals surface area contributed by atoms with Crippen LogP contribution in [0.3, 0.4) is 0 Å². The Balaban J connectivity index is 2.67. The molecule has 0 spiro atoms. The third kappa shape index (κ3) is 5.55. The van der Waals surface area contributed by atoms with Gasteiger partial charge < -0.3 is 15.7 Å². The van der Waals surface area contributed by atoms with Crippen molar-refractivity contribution in [3.8, 4) is 0 Å². The zero-order valence-corrected chi connectivity index (χ0v) is 12.8. The highest BCUT2D eigenvalue weighted by Gasteiger charge is 2.24. The van der Waals surface area contributed by atoms with Crippen LogP contribution in [-0.2, 0) is 4.79 Å². The Labute approximate surface area is 125 Å². The highest BCUT2D eigenvalue weighted by Crippen LogP contribution is 2.07. The maximum atomic E-state index is 12.2. The van der Waals surface area contributed by atoms with Gasteiger partial charge in [-0.15, -0.1) is 0 Å². The Hall–Kier alpha value is -1.88. The van der Waals surface area contributed by atoms with Gasteiger partial charge in [0.15, 0.2) is 0 Å². The van der Waals surface area contributed by atoms with Crippen molar-refractivity contribution in [2.75, 3.05) is 13.2 Å². The summed E-state index contributed by atoms with van der Waals surface area (Å²) in [6, 6.07) is 6.62. The number of benzene rings is 1. The lowest BCUT2D eigenvalue weighted by atomic mass is 10.0. The molecule has 1 atom stereocenters. The predicted octanol–water partition coefficient (Wildman–Crippen LogP) is 1.25. The van der Waals surface area contributed by atoms with Crippen molar-refractivity contribution in [2.24, 2.45) is 5.92 Å². The molecule has 0 saturated heterocycles. The van der Waals surface area contributed by atoms with Crippen LogP contribution in [0.4, 0.5) is 0 Å². The van der Waals surface area contributed by atoms with Crippen molar-refractivity contribution in [2.45, 2.75) is 33.2 Å². The van der Waals surface area contributed by atoms with Gasteiger partial charge in [0.25, 0.3) is 5.91 Å². The van der Waals surface area contributed by atoms with Crippen LogP contribution < -0.4 is 10.6 Å². The number of amides is 2. The number of hydrogen-bond donors (Lipinski definition) is 3. The van der Waals surface area contributed by atoms with Crippen LogP contribution in [0.1, 0.15) is 36.2 Å². The number of carbonyl (C=O) groups is 2. The Bertz CT molecular complexity index is 469. The van der Waals surface area contributed by atoms with Crippen LogP contribution in [0.2, 0.25) is 0 Å². The van der Waals surface area contributed by atoms with Crippen molar-refractivity contribution in [1.29, 1.82) is 0 Å². The first kappa shape index (κ1) is 17.2. The Morgan fingerprint density at radius 1 is 1.19 bits per heavy atom. The fraction of sp³-hybridized carbons (Fsp3) is 0.500. The van der Waals surface area contributed by atoms with Crippen molar-refractivity contribution in [1.82, 2.24) is 10.6 Å². The highest BCUT2D eigenvalue weighted by atomic mass is 16.3. The van der Waals surface area contributed by atoms with E-state index in [1.807, 2.05) is 32.9 Å². The van der Waals surface area contributed by atoms with E-state index in [-0.39, 0.29) is 24.3 Å². The minimum Gasteiger partial charge on any atom is -0.396 e. The molecule has 1 unspecified atom stereocenters. The summed E-state index contributed by atoms with van der Waals surface area (Å²) < 4.78 is 0. The van der Waals surface area contributed by atoms with E-state index in [9.17, 15) is 9.59 Å². The number of aliphatic hydroxyl groups excluding tert-OH is 1. The second kappa shape index (κ2) is 8.42. The third-order valence-electron chi connectivity index (χ3n) is 3.18. The minimum atomic E-state index is -0.586. The molecule has 0 bridgehead atoms. The second-order valence-electron chi connectivity index (χ2n) is 5.43. The molecule has 0 aliphatic heterocycles. The molecular weight excluding hydrogens is 268 g/mol. The molecule has 0 aliphatic carbocycles. The van der Waals surface area contributed by atoms with Crippen LogP contribution in [0.5, 0.6) is 0 Å². The number of carbonyl (C=O) groups excluding carboxylic acids is 2. The molecule has 5 nitrogen and oxygen atoms in total. The van der Waals surface area contributed by atoms with Gasteiger partial charge in [0.1, 0.15) is 6.04 Å². The minimum absolute atomic E-state index is 0.0199. The van der Waals surface area contributed by atoms with E-state index >= 15 is 0 Å². The van der Waals surface area contributed by atoms with Gasteiger partial charge in [-0.1, -0.05) is 31.5 Å². The molecule has 1 aromatic carbocycles. The van der Waals surface area contributed by atoms with Gasteiger partial charge in [0.05, 0.1) is 0 Å². The quantitative estimate of drug-likeness (QED) is 0.662. The van der Waals surface area contributed by atoms with Gasteiger partial charge in [0, 0.05) is 18.7 Å². The largest absolute Gasteiger partial charge is 0.396 e. The summed E-state index contributed by atoms with van der Waals surface area (Å²) in [5, 5.41) is 14.2. The summed E-state index contributed by atoms with van der Waals surface area (Å²) in [6.45, 7) is 6.14. The van der Waals surface area contributed by atoms with Gasteiger partial charge >= 0.3 is 0 Å². The van der Waals surface area contributed by atoms with Gasteiger partial charge in [-0.05, 0) is 31.4 Å². The Morgan fingerprint density at radius 3 is 2.33 bits per heavy atom. The third-order valence-corrected chi connectivity index (χ3v) is 3.18. The molecule has 0 aliphatic rings. The van der Waals surface area contributed by atoms with Gasteiger partial charge in [0.2, 0.25) is 5.91 Å². The average molecular weight is 292 g/mol. The summed E-state index contributed by atoms with van der Waals surface area (Å²) in [4.78, 5) is 24.2. The average Bonchev–Trinajstić information content (AvgIpc) is 2.45. The summed E-state index contributed by atoms with van der Waals surface area (Å²) in [7, 11) is 0. The second-order valence-corrected chi connectivity index (χ2v) is 5.43. The van der Waals surface area contributed by atoms with E-state index in [2.05, 4.69) is 10.6 Å². The molecular formula is C16H24N2O3. The predicted molar refractivity (Wildman–Crippen MR) is 82.0 cm³/mol. The molecule has 0 saturated carbocycles. The van der Waals surface area contributed by atoms with Crippen molar-refractivity contribution in [3.05, 3.63) is 35.4 Å². The van der Waals surface area contributed by atoms with Crippen molar-refractivity contribution in [3.63, 3.8) is 0 Å². The van der Waals surface area contributed by atoms with Crippen molar-refractivity contribution < 1.29 is 14.7 Å². The first-order valence-electron chi connectivity index (χ1n) is 7.21. The maximum absolute atomic E-state index is 12.2. The monoisotopic (exact) mass is 292 g/mol. The number of hydrogen-bond acceptors (Lipinski definition) is 3. The zero-order valence-electron chi connectivity index (χ0n) is 12.8. The van der Waals surface area contributed by atoms with Crippen LogP contribution in [0.15, 0.2) is 24.3 Å². The number of aryl methyl sites for hydroxylation is 1. The van der Waals surface area contributed by atoms with Crippen LogP contribution in [-0.4, -0.2) is 36.1 Å². The summed E-state index contributed by atoms with van der Waals surface area (Å²) >= 11 is 0. The fourth-order valence-corrected chi connectivity index (χ4v) is 1.87. The lowest BCUT2D eigenvalue weighted by Crippen LogP contribution is -2.49. The molecule has 0 aromatic heterocycles. The van der Waals surface area contributed by atoms with E-state index in [1.54, 1.807) is 12.1 Å². The van der Waals surface area contributed by atoms with Crippen LogP contribution in [0.25, 0.3) is 0 Å². The number of aliphatic hydroxyl groups is 1. The summed E-state index contributed by atoms with van der Waals surface area (Å²) in [6.07, 6.45) is 0.502. The van der Waals surface area contributed by atoms with E-state index < -0.39 is 6.04 Å². The Kier molecular flexibility index (Phi) is 6.88. The maximum Gasteiger partial charge on any atom is 0.251 e. The molecule has 3 N–H and O–H groups in total. The number of rotatable bonds is 7. The van der Waals surface area contributed by atoms with Gasteiger partial charge in [-0.3, -0.25) is 9.59 Å². The molecule has 0 radical (unpaired) electrons. The normalized spacial score (nSPS) is 12.0. The first-order valence-corrected chi connectivity index (χ1v) is 7.21. The summed E-state index contributed by atoms with van der Waals surface area (Å²) in [5.41, 5.74) is 1.61. The molecule has 0 fully saturated rings. The molecule has 21 heavy (non-hydrogen) atoms. The van der Waals surface area contributed by atoms with E-state index in [1.165, 1.54) is 0 Å². The van der Waals surface area contributed by atoms with E-state index in [0.29, 0.717) is 18.5 Å². The lowest BCUT2D eigenvalue weighted by Gasteiger charge is -2.21. The molecule has 116 valence electrons. The molecule has 0 heterocycles. The number of nitrogens with one attached hydrogen (secondary N) is 2. The fourth-order valence-electron chi connectivity index (χ4n) is 1.87. The molecule has 1 aromatic rings. The van der Waals surface area contributed by atoms with Gasteiger partial charge in [-0.25, -0.2) is 0 Å². The SMILES string of the molecule is Cc1ccc(C(=O)NC(C(=O)NCCCO)C(C)C)cc1.